The fraction of sp³-hybridized carbons (Fsp3) is 0.385. The molecule has 0 spiro atoms. The van der Waals surface area contributed by atoms with Crippen LogP contribution in [-0.2, 0) is 11.3 Å². The van der Waals surface area contributed by atoms with Gasteiger partial charge in [0.05, 0.1) is 26.9 Å². The first kappa shape index (κ1) is 24.4. The molecule has 2 N–H and O–H groups in total. The highest BCUT2D eigenvalue weighted by atomic mass is 35.5. The molecule has 0 saturated carbocycles. The number of rotatable bonds is 8. The van der Waals surface area contributed by atoms with Gasteiger partial charge < -0.3 is 29.6 Å². The minimum atomic E-state index is 0.430. The van der Waals surface area contributed by atoms with E-state index in [0.29, 0.717) is 52.8 Å². The molecule has 0 atom stereocenters. The number of methoxy groups -OCH3 is 1. The lowest BCUT2D eigenvalue weighted by molar-refractivity contribution is 0.0357. The van der Waals surface area contributed by atoms with E-state index in [9.17, 15) is 0 Å². The van der Waals surface area contributed by atoms with Crippen molar-refractivity contribution in [3.8, 4) is 23.1 Å². The summed E-state index contributed by atoms with van der Waals surface area (Å²) in [5.74, 6) is 3.01. The van der Waals surface area contributed by atoms with Crippen LogP contribution in [-0.4, -0.2) is 61.4 Å². The van der Waals surface area contributed by atoms with Crippen molar-refractivity contribution >= 4 is 28.8 Å². The van der Waals surface area contributed by atoms with Gasteiger partial charge in [-0.05, 0) is 43.2 Å². The number of fused-ring (bicyclic) bond motifs is 2. The standard InChI is InChI=1S/C26H30ClN5O4/c1-17-12-19(27)4-5-20(17)31-25-24-26(30-16-29-25)36-21-14-22(33-2)23(13-18(21)15-28-24)35-9-3-6-32-7-10-34-11-8-32/h4-5,12-14,16,28H,3,6-11,15H2,1-2H3,(H,29,30,31). The van der Waals surface area contributed by atoms with Gasteiger partial charge in [-0.3, -0.25) is 4.90 Å². The molecule has 1 saturated heterocycles. The van der Waals surface area contributed by atoms with Crippen LogP contribution in [0, 0.1) is 6.92 Å². The van der Waals surface area contributed by atoms with Crippen LogP contribution in [0.25, 0.3) is 0 Å². The lowest BCUT2D eigenvalue weighted by Gasteiger charge is -2.26. The predicted octanol–water partition coefficient (Wildman–Crippen LogP) is 5.01. The van der Waals surface area contributed by atoms with Gasteiger partial charge in [-0.2, -0.15) is 4.98 Å². The number of ether oxygens (including phenoxy) is 4. The highest BCUT2D eigenvalue weighted by Gasteiger charge is 2.22. The maximum absolute atomic E-state index is 6.20. The Labute approximate surface area is 215 Å². The van der Waals surface area contributed by atoms with E-state index in [1.54, 1.807) is 7.11 Å². The summed E-state index contributed by atoms with van der Waals surface area (Å²) < 4.78 is 23.3. The molecule has 3 heterocycles. The third kappa shape index (κ3) is 5.59. The number of nitrogens with one attached hydrogen (secondary N) is 2. The molecule has 3 aromatic rings. The molecule has 0 radical (unpaired) electrons. The average Bonchev–Trinajstić information content (AvgIpc) is 3.07. The Morgan fingerprint density at radius 1 is 1.14 bits per heavy atom. The Bertz CT molecular complexity index is 1220. The second-order valence-corrected chi connectivity index (χ2v) is 9.15. The Hall–Kier alpha value is -3.27. The van der Waals surface area contributed by atoms with Crippen molar-refractivity contribution in [1.82, 2.24) is 14.9 Å². The van der Waals surface area contributed by atoms with Crippen LogP contribution in [0.2, 0.25) is 5.02 Å². The number of aromatic nitrogens is 2. The number of halogens is 1. The van der Waals surface area contributed by atoms with E-state index in [2.05, 4.69) is 25.5 Å². The molecule has 0 bridgehead atoms. The highest BCUT2D eigenvalue weighted by molar-refractivity contribution is 6.30. The summed E-state index contributed by atoms with van der Waals surface area (Å²) in [6.45, 7) is 7.64. The molecule has 0 aliphatic carbocycles. The molecule has 0 unspecified atom stereocenters. The smallest absolute Gasteiger partial charge is 0.248 e. The summed E-state index contributed by atoms with van der Waals surface area (Å²) in [7, 11) is 1.63. The molecule has 9 nitrogen and oxygen atoms in total. The third-order valence-electron chi connectivity index (χ3n) is 6.24. The number of benzene rings is 2. The van der Waals surface area contributed by atoms with Gasteiger partial charge in [0.1, 0.15) is 17.8 Å². The molecule has 1 fully saturated rings. The number of hydrogen-bond acceptors (Lipinski definition) is 9. The largest absolute Gasteiger partial charge is 0.493 e. The Kier molecular flexibility index (Phi) is 7.60. The quantitative estimate of drug-likeness (QED) is 0.405. The molecule has 1 aromatic heterocycles. The van der Waals surface area contributed by atoms with Gasteiger partial charge in [-0.25, -0.2) is 4.98 Å². The van der Waals surface area contributed by atoms with Crippen LogP contribution in [0.1, 0.15) is 17.5 Å². The number of hydrogen-bond donors (Lipinski definition) is 2. The zero-order chi connectivity index (χ0) is 24.9. The van der Waals surface area contributed by atoms with Gasteiger partial charge in [0.2, 0.25) is 5.88 Å². The normalized spacial score (nSPS) is 15.1. The van der Waals surface area contributed by atoms with Crippen molar-refractivity contribution in [2.24, 2.45) is 0 Å². The van der Waals surface area contributed by atoms with Crippen LogP contribution in [0.4, 0.5) is 17.2 Å². The summed E-state index contributed by atoms with van der Waals surface area (Å²) in [5, 5.41) is 7.47. The topological polar surface area (TPSA) is 90.0 Å². The molecule has 10 heteroatoms. The molecule has 190 valence electrons. The predicted molar refractivity (Wildman–Crippen MR) is 139 cm³/mol. The van der Waals surface area contributed by atoms with Gasteiger partial charge in [-0.15, -0.1) is 0 Å². The number of nitrogens with zero attached hydrogens (tertiary/aromatic N) is 3. The van der Waals surface area contributed by atoms with Crippen molar-refractivity contribution in [3.63, 3.8) is 0 Å². The minimum absolute atomic E-state index is 0.430. The van der Waals surface area contributed by atoms with Crippen molar-refractivity contribution in [3.05, 3.63) is 52.8 Å². The van der Waals surface area contributed by atoms with E-state index in [1.807, 2.05) is 37.3 Å². The summed E-state index contributed by atoms with van der Waals surface area (Å²) in [6, 6.07) is 9.48. The fourth-order valence-corrected chi connectivity index (χ4v) is 4.49. The first-order valence-electron chi connectivity index (χ1n) is 12.0. The van der Waals surface area contributed by atoms with Gasteiger partial charge >= 0.3 is 0 Å². The second kappa shape index (κ2) is 11.2. The molecular formula is C26H30ClN5O4. The first-order chi connectivity index (χ1) is 17.6. The molecular weight excluding hydrogens is 482 g/mol. The van der Waals surface area contributed by atoms with Gasteiger partial charge in [0.15, 0.2) is 17.3 Å². The van der Waals surface area contributed by atoms with Gasteiger partial charge in [0, 0.05) is 48.5 Å². The molecule has 36 heavy (non-hydrogen) atoms. The molecule has 5 rings (SSSR count). The zero-order valence-electron chi connectivity index (χ0n) is 20.5. The van der Waals surface area contributed by atoms with Crippen LogP contribution in [0.5, 0.6) is 23.1 Å². The second-order valence-electron chi connectivity index (χ2n) is 8.71. The van der Waals surface area contributed by atoms with Crippen LogP contribution in [0.15, 0.2) is 36.7 Å². The van der Waals surface area contributed by atoms with E-state index in [-0.39, 0.29) is 0 Å². The fourth-order valence-electron chi connectivity index (χ4n) is 4.27. The summed E-state index contributed by atoms with van der Waals surface area (Å²) in [5.41, 5.74) is 3.52. The summed E-state index contributed by atoms with van der Waals surface area (Å²) in [6.07, 6.45) is 2.40. The number of morpholine rings is 1. The van der Waals surface area contributed by atoms with Crippen molar-refractivity contribution < 1.29 is 18.9 Å². The Morgan fingerprint density at radius 3 is 2.81 bits per heavy atom. The monoisotopic (exact) mass is 511 g/mol. The maximum atomic E-state index is 6.20. The van der Waals surface area contributed by atoms with E-state index in [1.165, 1.54) is 6.33 Å². The lowest BCUT2D eigenvalue weighted by atomic mass is 10.1. The third-order valence-corrected chi connectivity index (χ3v) is 6.48. The van der Waals surface area contributed by atoms with Crippen LogP contribution < -0.4 is 24.8 Å². The van der Waals surface area contributed by atoms with Crippen molar-refractivity contribution in [1.29, 1.82) is 0 Å². The number of anilines is 3. The average molecular weight is 512 g/mol. The van der Waals surface area contributed by atoms with E-state index >= 15 is 0 Å². The van der Waals surface area contributed by atoms with Crippen LogP contribution >= 0.6 is 11.6 Å². The van der Waals surface area contributed by atoms with Gasteiger partial charge in [-0.1, -0.05) is 11.6 Å². The Balaban J connectivity index is 1.30. The van der Waals surface area contributed by atoms with E-state index in [0.717, 1.165) is 56.1 Å². The minimum Gasteiger partial charge on any atom is -0.493 e. The first-order valence-corrected chi connectivity index (χ1v) is 12.4. The van der Waals surface area contributed by atoms with Crippen molar-refractivity contribution in [2.45, 2.75) is 19.9 Å². The molecule has 2 aliphatic rings. The van der Waals surface area contributed by atoms with E-state index < -0.39 is 0 Å². The summed E-state index contributed by atoms with van der Waals surface area (Å²) >= 11 is 6.11. The van der Waals surface area contributed by atoms with Crippen LogP contribution in [0.3, 0.4) is 0 Å². The van der Waals surface area contributed by atoms with Gasteiger partial charge in [0.25, 0.3) is 0 Å². The highest BCUT2D eigenvalue weighted by Crippen LogP contribution is 2.42. The van der Waals surface area contributed by atoms with Crippen molar-refractivity contribution in [2.75, 3.05) is 57.2 Å². The SMILES string of the molecule is COc1cc2c(cc1OCCCN1CCOCC1)CNc1c(Nc3ccc(Cl)cc3C)ncnc1O2. The lowest BCUT2D eigenvalue weighted by Crippen LogP contribution is -2.37. The maximum Gasteiger partial charge on any atom is 0.248 e. The Morgan fingerprint density at radius 2 is 2.00 bits per heavy atom. The zero-order valence-corrected chi connectivity index (χ0v) is 21.2. The van der Waals surface area contributed by atoms with E-state index in [4.69, 9.17) is 30.5 Å². The molecule has 2 aromatic carbocycles. The number of aryl methyl sites for hydroxylation is 1. The molecule has 2 aliphatic heterocycles. The summed E-state index contributed by atoms with van der Waals surface area (Å²) in [4.78, 5) is 11.2. The molecule has 0 amide bonds.